The van der Waals surface area contributed by atoms with Gasteiger partial charge >= 0.3 is 0 Å². The van der Waals surface area contributed by atoms with Crippen LogP contribution in [0.25, 0.3) is 0 Å². The number of hydrogen-bond acceptors (Lipinski definition) is 4. The van der Waals surface area contributed by atoms with E-state index < -0.39 is 0 Å². The molecule has 1 aliphatic heterocycles. The van der Waals surface area contributed by atoms with Gasteiger partial charge in [-0.15, -0.1) is 12.4 Å². The molecule has 2 fully saturated rings. The molecule has 0 bridgehead atoms. The van der Waals surface area contributed by atoms with Gasteiger partial charge in [0.15, 0.2) is 0 Å². The van der Waals surface area contributed by atoms with Crippen LogP contribution in [-0.2, 0) is 4.79 Å². The van der Waals surface area contributed by atoms with Gasteiger partial charge in [-0.1, -0.05) is 6.42 Å². The number of aliphatic hydroxyl groups is 1. The Bertz CT molecular complexity index is 518. The Morgan fingerprint density at radius 1 is 1.08 bits per heavy atom. The lowest BCUT2D eigenvalue weighted by atomic mass is 9.95. The van der Waals surface area contributed by atoms with Gasteiger partial charge in [-0.2, -0.15) is 0 Å². The Morgan fingerprint density at radius 2 is 1.75 bits per heavy atom. The number of carbonyl (C=O) groups is 1. The zero-order valence-corrected chi connectivity index (χ0v) is 14.7. The molecule has 3 rings (SSSR count). The van der Waals surface area contributed by atoms with Crippen LogP contribution in [0.15, 0.2) is 24.3 Å². The maximum absolute atomic E-state index is 12.2. The van der Waals surface area contributed by atoms with Gasteiger partial charge in [0.2, 0.25) is 5.91 Å². The minimum atomic E-state index is -0.372. The second kappa shape index (κ2) is 9.25. The molecule has 0 spiro atoms. The van der Waals surface area contributed by atoms with Gasteiger partial charge in [0.05, 0.1) is 6.10 Å². The van der Waals surface area contributed by atoms with E-state index in [-0.39, 0.29) is 36.4 Å². The largest absolute Gasteiger partial charge is 0.488 e. The van der Waals surface area contributed by atoms with Crippen LogP contribution < -0.4 is 15.4 Å². The van der Waals surface area contributed by atoms with Gasteiger partial charge in [0.25, 0.3) is 0 Å². The van der Waals surface area contributed by atoms with Crippen LogP contribution in [0.3, 0.4) is 0 Å². The van der Waals surface area contributed by atoms with Gasteiger partial charge in [0.1, 0.15) is 11.9 Å². The number of nitrogens with one attached hydrogen (secondary N) is 2. The van der Waals surface area contributed by atoms with Crippen molar-refractivity contribution in [3.05, 3.63) is 24.3 Å². The Labute approximate surface area is 149 Å². The molecule has 1 saturated heterocycles. The maximum Gasteiger partial charge on any atom is 0.227 e. The number of piperidine rings is 1. The summed E-state index contributed by atoms with van der Waals surface area (Å²) in [6.07, 6.45) is 5.19. The molecule has 5 nitrogen and oxygen atoms in total. The number of carbonyl (C=O) groups excluding carboxylic acids is 1. The lowest BCUT2D eigenvalue weighted by Gasteiger charge is -2.28. The van der Waals surface area contributed by atoms with E-state index in [0.717, 1.165) is 63.1 Å². The Balaban J connectivity index is 0.00000208. The van der Waals surface area contributed by atoms with Crippen molar-refractivity contribution in [1.29, 1.82) is 0 Å². The van der Waals surface area contributed by atoms with Crippen molar-refractivity contribution in [3.63, 3.8) is 0 Å². The summed E-state index contributed by atoms with van der Waals surface area (Å²) in [6, 6.07) is 7.45. The average molecular weight is 355 g/mol. The molecule has 3 N–H and O–H groups in total. The van der Waals surface area contributed by atoms with E-state index in [1.165, 1.54) is 0 Å². The predicted octanol–water partition coefficient (Wildman–Crippen LogP) is 2.73. The second-order valence-electron chi connectivity index (χ2n) is 6.55. The van der Waals surface area contributed by atoms with E-state index in [0.29, 0.717) is 0 Å². The third-order valence-electron chi connectivity index (χ3n) is 4.79. The monoisotopic (exact) mass is 354 g/mol. The zero-order chi connectivity index (χ0) is 16.1. The number of halogens is 1. The Kier molecular flexibility index (Phi) is 7.34. The third-order valence-corrected chi connectivity index (χ3v) is 4.79. The molecule has 134 valence electrons. The molecule has 2 unspecified atom stereocenters. The van der Waals surface area contributed by atoms with E-state index in [1.807, 2.05) is 24.3 Å². The summed E-state index contributed by atoms with van der Waals surface area (Å²) in [6.45, 7) is 1.82. The van der Waals surface area contributed by atoms with Gasteiger partial charge in [-0.05, 0) is 69.5 Å². The molecule has 2 atom stereocenters. The summed E-state index contributed by atoms with van der Waals surface area (Å²) < 4.78 is 5.87. The van der Waals surface area contributed by atoms with Crippen LogP contribution in [0.2, 0.25) is 0 Å². The van der Waals surface area contributed by atoms with E-state index in [2.05, 4.69) is 10.6 Å². The van der Waals surface area contributed by atoms with Gasteiger partial charge in [-0.3, -0.25) is 4.79 Å². The molecule has 1 saturated carbocycles. The highest BCUT2D eigenvalue weighted by atomic mass is 35.5. The van der Waals surface area contributed by atoms with Gasteiger partial charge < -0.3 is 20.5 Å². The summed E-state index contributed by atoms with van der Waals surface area (Å²) in [5.41, 5.74) is 0.796. The molecular formula is C18H27ClN2O3. The van der Waals surface area contributed by atoms with Crippen LogP contribution >= 0.6 is 12.4 Å². The topological polar surface area (TPSA) is 70.6 Å². The first-order chi connectivity index (χ1) is 11.2. The van der Waals surface area contributed by atoms with Crippen molar-refractivity contribution in [2.24, 2.45) is 5.92 Å². The van der Waals surface area contributed by atoms with Crippen molar-refractivity contribution in [3.8, 4) is 5.75 Å². The summed E-state index contributed by atoms with van der Waals surface area (Å²) in [5.74, 6) is 0.947. The fourth-order valence-electron chi connectivity index (χ4n) is 3.33. The smallest absolute Gasteiger partial charge is 0.227 e. The number of anilines is 1. The van der Waals surface area contributed by atoms with Crippen molar-refractivity contribution >= 4 is 24.0 Å². The Morgan fingerprint density at radius 3 is 2.42 bits per heavy atom. The SMILES string of the molecule is Cl.O=C(Nc1ccc(OC2CCCCC2O)cc1)C1CCNCC1. The van der Waals surface area contributed by atoms with Crippen molar-refractivity contribution < 1.29 is 14.6 Å². The second-order valence-corrected chi connectivity index (χ2v) is 6.55. The lowest BCUT2D eigenvalue weighted by Crippen LogP contribution is -2.34. The third kappa shape index (κ3) is 5.10. The van der Waals surface area contributed by atoms with Crippen molar-refractivity contribution in [2.75, 3.05) is 18.4 Å². The van der Waals surface area contributed by atoms with E-state index in [4.69, 9.17) is 4.74 Å². The van der Waals surface area contributed by atoms with Crippen molar-refractivity contribution in [1.82, 2.24) is 5.32 Å². The van der Waals surface area contributed by atoms with E-state index in [9.17, 15) is 9.90 Å². The highest BCUT2D eigenvalue weighted by Crippen LogP contribution is 2.25. The maximum atomic E-state index is 12.2. The van der Waals surface area contributed by atoms with Crippen LogP contribution in [0.4, 0.5) is 5.69 Å². The number of amides is 1. The zero-order valence-electron chi connectivity index (χ0n) is 13.9. The quantitative estimate of drug-likeness (QED) is 0.777. The molecule has 1 amide bonds. The van der Waals surface area contributed by atoms with Gasteiger partial charge in [0, 0.05) is 11.6 Å². The molecule has 2 aliphatic rings. The summed E-state index contributed by atoms with van der Waals surface area (Å²) in [4.78, 5) is 12.2. The van der Waals surface area contributed by atoms with Crippen LogP contribution in [0.1, 0.15) is 38.5 Å². The molecular weight excluding hydrogens is 328 g/mol. The molecule has 1 heterocycles. The highest BCUT2D eigenvalue weighted by Gasteiger charge is 2.24. The molecule has 24 heavy (non-hydrogen) atoms. The average Bonchev–Trinajstić information content (AvgIpc) is 2.59. The number of aliphatic hydroxyl groups excluding tert-OH is 1. The predicted molar refractivity (Wildman–Crippen MR) is 96.8 cm³/mol. The molecule has 0 radical (unpaired) electrons. The normalized spacial score (nSPS) is 24.7. The van der Waals surface area contributed by atoms with Crippen LogP contribution in [0.5, 0.6) is 5.75 Å². The first-order valence-corrected chi connectivity index (χ1v) is 8.69. The number of hydrogen-bond donors (Lipinski definition) is 3. The van der Waals surface area contributed by atoms with Crippen LogP contribution in [-0.4, -0.2) is 36.3 Å². The summed E-state index contributed by atoms with van der Waals surface area (Å²) in [5, 5.41) is 16.2. The molecule has 0 aromatic heterocycles. The molecule has 6 heteroatoms. The van der Waals surface area contributed by atoms with E-state index >= 15 is 0 Å². The summed E-state index contributed by atoms with van der Waals surface area (Å²) in [7, 11) is 0. The highest BCUT2D eigenvalue weighted by molar-refractivity contribution is 5.92. The number of ether oxygens (including phenoxy) is 1. The summed E-state index contributed by atoms with van der Waals surface area (Å²) >= 11 is 0. The van der Waals surface area contributed by atoms with Crippen LogP contribution in [0, 0.1) is 5.92 Å². The fraction of sp³-hybridized carbons (Fsp3) is 0.611. The lowest BCUT2D eigenvalue weighted by molar-refractivity contribution is -0.120. The van der Waals surface area contributed by atoms with E-state index in [1.54, 1.807) is 0 Å². The molecule has 1 aromatic rings. The standard InChI is InChI=1S/C18H26N2O3.ClH/c21-16-3-1-2-4-17(16)23-15-7-5-14(6-8-15)20-18(22)13-9-11-19-12-10-13;/h5-8,13,16-17,19,21H,1-4,9-12H2,(H,20,22);1H. The van der Waals surface area contributed by atoms with Gasteiger partial charge in [-0.25, -0.2) is 0 Å². The molecule has 1 aliphatic carbocycles. The molecule has 1 aromatic carbocycles. The first kappa shape index (κ1) is 19.0. The minimum absolute atomic E-state index is 0. The minimum Gasteiger partial charge on any atom is -0.488 e. The Hall–Kier alpha value is -1.30. The fourth-order valence-corrected chi connectivity index (χ4v) is 3.33. The number of benzene rings is 1. The van der Waals surface area contributed by atoms with Crippen molar-refractivity contribution in [2.45, 2.75) is 50.7 Å². The number of rotatable bonds is 4. The first-order valence-electron chi connectivity index (χ1n) is 8.69.